The van der Waals surface area contributed by atoms with E-state index in [1.807, 2.05) is 19.1 Å². The van der Waals surface area contributed by atoms with Crippen molar-refractivity contribution in [1.29, 1.82) is 0 Å². The van der Waals surface area contributed by atoms with Crippen LogP contribution >= 0.6 is 0 Å². The number of pyridine rings is 2. The molecule has 0 bridgehead atoms. The number of benzene rings is 2. The second-order valence-electron chi connectivity index (χ2n) is 13.5. The van der Waals surface area contributed by atoms with Crippen molar-refractivity contribution in [3.8, 4) is 0 Å². The molecule has 0 saturated carbocycles. The zero-order valence-corrected chi connectivity index (χ0v) is 27.8. The number of fused-ring (bicyclic) bond motifs is 5. The van der Waals surface area contributed by atoms with Crippen molar-refractivity contribution in [2.45, 2.75) is 58.2 Å². The Hall–Kier alpha value is -4.94. The molecule has 2 aromatic carbocycles. The van der Waals surface area contributed by atoms with Gasteiger partial charge in [-0.3, -0.25) is 4.90 Å². The van der Waals surface area contributed by atoms with Gasteiger partial charge in [0.2, 0.25) is 11.9 Å². The van der Waals surface area contributed by atoms with Crippen LogP contribution in [0.2, 0.25) is 0 Å². The molecule has 12 nitrogen and oxygen atoms in total. The fourth-order valence-electron chi connectivity index (χ4n) is 7.42. The lowest BCUT2D eigenvalue weighted by atomic mass is 10.0. The normalized spacial score (nSPS) is 17.1. The molecular weight excluding hydrogens is 600 g/mol. The Kier molecular flexibility index (Phi) is 7.76. The topological polar surface area (TPSA) is 160 Å². The van der Waals surface area contributed by atoms with Gasteiger partial charge in [0, 0.05) is 48.2 Å². The van der Waals surface area contributed by atoms with Gasteiger partial charge in [-0.1, -0.05) is 36.4 Å². The largest absolute Gasteiger partial charge is 0.383 e. The van der Waals surface area contributed by atoms with E-state index in [2.05, 4.69) is 74.7 Å². The summed E-state index contributed by atoms with van der Waals surface area (Å²) < 4.78 is 0. The van der Waals surface area contributed by atoms with E-state index in [1.165, 1.54) is 5.56 Å². The first-order valence-corrected chi connectivity index (χ1v) is 16.9. The molecule has 8 rings (SSSR count). The number of nitrogens with one attached hydrogen (secondary N) is 2. The maximum Gasteiger partial charge on any atom is 0.226 e. The molecule has 2 fully saturated rings. The van der Waals surface area contributed by atoms with Crippen molar-refractivity contribution in [3.63, 3.8) is 0 Å². The molecule has 48 heavy (non-hydrogen) atoms. The zero-order valence-electron chi connectivity index (χ0n) is 27.8. The van der Waals surface area contributed by atoms with Crippen LogP contribution in [0.1, 0.15) is 42.5 Å². The fourth-order valence-corrected chi connectivity index (χ4v) is 7.42. The van der Waals surface area contributed by atoms with Gasteiger partial charge in [0.05, 0.1) is 16.3 Å². The summed E-state index contributed by atoms with van der Waals surface area (Å²) in [5, 5.41) is 11.9. The summed E-state index contributed by atoms with van der Waals surface area (Å²) in [5.74, 6) is 2.03. The number of nitrogens with zero attached hydrogens (tertiary/aromatic N) is 8. The van der Waals surface area contributed by atoms with E-state index in [9.17, 15) is 0 Å². The number of hydrogen-bond donors (Lipinski definition) is 4. The molecule has 6 N–H and O–H groups in total. The lowest BCUT2D eigenvalue weighted by Gasteiger charge is -2.32. The number of piperidine rings is 2. The second kappa shape index (κ2) is 12.3. The number of anilines is 4. The molecule has 246 valence electrons. The molecule has 0 aliphatic carbocycles. The van der Waals surface area contributed by atoms with E-state index in [0.717, 1.165) is 102 Å². The fraction of sp³-hybridized carbons (Fsp3) is 0.389. The number of aromatic nitrogens is 6. The number of nitrogens with two attached hydrogens (primary N) is 2. The molecule has 12 heteroatoms. The molecule has 6 heterocycles. The SMILES string of the molecule is Cc1nc2nc(NC3CCN(Cc4ccc5c(C)c6c(N)nc(NC7CCN(C)CC7)nc6nc5c4)CC3)nc(N)c2c2ccccc12. The number of nitrogen functional groups attached to an aromatic ring is 2. The van der Waals surface area contributed by atoms with Crippen molar-refractivity contribution >= 4 is 67.3 Å². The highest BCUT2D eigenvalue weighted by Crippen LogP contribution is 2.31. The summed E-state index contributed by atoms with van der Waals surface area (Å²) in [6.07, 6.45) is 4.06. The van der Waals surface area contributed by atoms with Gasteiger partial charge >= 0.3 is 0 Å². The minimum atomic E-state index is 0.259. The maximum absolute atomic E-state index is 6.48. The van der Waals surface area contributed by atoms with Crippen LogP contribution in [0.5, 0.6) is 0 Å². The van der Waals surface area contributed by atoms with Gasteiger partial charge in [-0.2, -0.15) is 19.9 Å². The summed E-state index contributed by atoms with van der Waals surface area (Å²) in [4.78, 5) is 33.4. The average Bonchev–Trinajstić information content (AvgIpc) is 3.06. The Morgan fingerprint density at radius 1 is 0.688 bits per heavy atom. The van der Waals surface area contributed by atoms with Crippen LogP contribution in [0.25, 0.3) is 43.7 Å². The summed E-state index contributed by atoms with van der Waals surface area (Å²) in [6.45, 7) is 8.98. The Morgan fingerprint density at radius 3 is 1.98 bits per heavy atom. The Labute approximate surface area is 279 Å². The van der Waals surface area contributed by atoms with Gasteiger partial charge in [-0.15, -0.1) is 0 Å². The predicted molar refractivity (Wildman–Crippen MR) is 194 cm³/mol. The van der Waals surface area contributed by atoms with E-state index < -0.39 is 0 Å². The monoisotopic (exact) mass is 642 g/mol. The highest BCUT2D eigenvalue weighted by Gasteiger charge is 2.22. The lowest BCUT2D eigenvalue weighted by Crippen LogP contribution is -2.39. The maximum atomic E-state index is 6.48. The van der Waals surface area contributed by atoms with Crippen LogP contribution in [0.3, 0.4) is 0 Å². The van der Waals surface area contributed by atoms with Crippen molar-refractivity contribution in [2.75, 3.05) is 55.3 Å². The Bertz CT molecular complexity index is 2170. The van der Waals surface area contributed by atoms with Gasteiger partial charge < -0.3 is 27.0 Å². The molecule has 2 aliphatic rings. The van der Waals surface area contributed by atoms with Crippen LogP contribution in [-0.2, 0) is 6.54 Å². The third kappa shape index (κ3) is 5.75. The molecule has 2 aliphatic heterocycles. The lowest BCUT2D eigenvalue weighted by molar-refractivity contribution is 0.211. The Morgan fingerprint density at radius 2 is 1.29 bits per heavy atom. The predicted octanol–water partition coefficient (Wildman–Crippen LogP) is 5.03. The van der Waals surface area contributed by atoms with Crippen LogP contribution in [0.15, 0.2) is 42.5 Å². The van der Waals surface area contributed by atoms with Crippen LogP contribution in [-0.4, -0.2) is 85.0 Å². The minimum absolute atomic E-state index is 0.259. The van der Waals surface area contributed by atoms with Crippen LogP contribution in [0.4, 0.5) is 23.5 Å². The zero-order chi connectivity index (χ0) is 32.9. The van der Waals surface area contributed by atoms with E-state index in [0.29, 0.717) is 40.9 Å². The standard InChI is InChI=1S/C36H42N12/c1-20-25-9-8-22(18-28(25)42-33-29(20)31(37)43-35(45-33)40-23-10-14-47(3)15-11-23)19-48-16-12-24(13-17-48)41-36-44-32(38)30-27-7-5-4-6-26(27)21(2)39-34(30)46-36/h4-9,18,23-24H,10-17,19H2,1-3H3,(H3,37,40,42,43,45)(H3,38,39,41,44,46). The van der Waals surface area contributed by atoms with Crippen molar-refractivity contribution in [1.82, 2.24) is 39.7 Å². The first-order valence-electron chi connectivity index (χ1n) is 16.9. The van der Waals surface area contributed by atoms with Crippen molar-refractivity contribution in [2.24, 2.45) is 0 Å². The van der Waals surface area contributed by atoms with Gasteiger partial charge in [0.15, 0.2) is 11.3 Å². The molecule has 0 amide bonds. The second-order valence-corrected chi connectivity index (χ2v) is 13.5. The number of rotatable bonds is 6. The molecule has 0 atom stereocenters. The van der Waals surface area contributed by atoms with E-state index >= 15 is 0 Å². The third-order valence-corrected chi connectivity index (χ3v) is 10.1. The molecule has 4 aromatic heterocycles. The van der Waals surface area contributed by atoms with Crippen molar-refractivity contribution in [3.05, 3.63) is 59.3 Å². The molecule has 0 radical (unpaired) electrons. The smallest absolute Gasteiger partial charge is 0.226 e. The van der Waals surface area contributed by atoms with Gasteiger partial charge in [-0.25, -0.2) is 9.97 Å². The molecule has 2 saturated heterocycles. The highest BCUT2D eigenvalue weighted by molar-refractivity contribution is 6.10. The summed E-state index contributed by atoms with van der Waals surface area (Å²) >= 11 is 0. The minimum Gasteiger partial charge on any atom is -0.383 e. The summed E-state index contributed by atoms with van der Waals surface area (Å²) in [5.41, 5.74) is 18.4. The van der Waals surface area contributed by atoms with E-state index in [4.69, 9.17) is 31.4 Å². The molecular formula is C36H42N12. The summed E-state index contributed by atoms with van der Waals surface area (Å²) in [7, 11) is 2.16. The van der Waals surface area contributed by atoms with Crippen LogP contribution < -0.4 is 22.1 Å². The molecule has 6 aromatic rings. The Balaban J connectivity index is 0.953. The molecule has 0 spiro atoms. The van der Waals surface area contributed by atoms with Crippen LogP contribution in [0, 0.1) is 13.8 Å². The average molecular weight is 643 g/mol. The summed E-state index contributed by atoms with van der Waals surface area (Å²) in [6, 6.07) is 15.3. The number of hydrogen-bond acceptors (Lipinski definition) is 12. The van der Waals surface area contributed by atoms with Gasteiger partial charge in [0.25, 0.3) is 0 Å². The van der Waals surface area contributed by atoms with E-state index in [-0.39, 0.29) is 6.04 Å². The van der Waals surface area contributed by atoms with E-state index in [1.54, 1.807) is 0 Å². The number of likely N-dealkylation sites (tertiary alicyclic amines) is 2. The van der Waals surface area contributed by atoms with Crippen molar-refractivity contribution < 1.29 is 0 Å². The molecule has 0 unspecified atom stereocenters. The third-order valence-electron chi connectivity index (χ3n) is 10.1. The van der Waals surface area contributed by atoms with Gasteiger partial charge in [0.1, 0.15) is 11.6 Å². The number of aryl methyl sites for hydroxylation is 2. The quantitative estimate of drug-likeness (QED) is 0.142. The van der Waals surface area contributed by atoms with Gasteiger partial charge in [-0.05, 0) is 82.2 Å². The first kappa shape index (κ1) is 30.4. The highest BCUT2D eigenvalue weighted by atomic mass is 15.2. The first-order chi connectivity index (χ1) is 23.3.